The van der Waals surface area contributed by atoms with Crippen LogP contribution in [0, 0.1) is 0 Å². The van der Waals surface area contributed by atoms with Crippen molar-refractivity contribution in [1.29, 1.82) is 0 Å². The highest BCUT2D eigenvalue weighted by molar-refractivity contribution is 6.15. The van der Waals surface area contributed by atoms with Gasteiger partial charge in [0.1, 0.15) is 16.7 Å². The first-order valence-electron chi connectivity index (χ1n) is 20.5. The standard InChI is InChI=1S/C56H38N2O2/c1-56(2)48-17-9-8-15-45(48)46-30-29-43(32-49(46)56)58(41-25-21-36(22-26-41)40-20-19-35-11-6-7-14-39(35)31-40)42-27-23-37(24-28-42)44-16-10-18-51-54(44)47-33-53-50(34-52(47)59-51)57-55(60-53)38-12-4-3-5-13-38/h3-34H,1-2H3. The molecule has 0 saturated heterocycles. The fraction of sp³-hybridized carbons (Fsp3) is 0.0536. The molecule has 0 spiro atoms. The molecule has 4 heteroatoms. The maximum Gasteiger partial charge on any atom is 0.227 e. The number of rotatable bonds is 6. The average molecular weight is 771 g/mol. The van der Waals surface area contributed by atoms with E-state index in [-0.39, 0.29) is 5.41 Å². The van der Waals surface area contributed by atoms with Crippen molar-refractivity contribution in [1.82, 2.24) is 4.98 Å². The Morgan fingerprint density at radius 3 is 1.90 bits per heavy atom. The molecule has 0 N–H and O–H groups in total. The van der Waals surface area contributed by atoms with Crippen LogP contribution in [-0.4, -0.2) is 4.98 Å². The van der Waals surface area contributed by atoms with E-state index >= 15 is 0 Å². The number of furan rings is 1. The van der Waals surface area contributed by atoms with Gasteiger partial charge < -0.3 is 13.7 Å². The minimum atomic E-state index is -0.121. The zero-order valence-corrected chi connectivity index (χ0v) is 33.2. The van der Waals surface area contributed by atoms with Crippen LogP contribution in [-0.2, 0) is 5.41 Å². The Labute approximate surface area is 347 Å². The number of hydrogen-bond acceptors (Lipinski definition) is 4. The highest BCUT2D eigenvalue weighted by atomic mass is 16.4. The highest BCUT2D eigenvalue weighted by Gasteiger charge is 2.35. The summed E-state index contributed by atoms with van der Waals surface area (Å²) in [5.74, 6) is 0.600. The molecule has 1 aliphatic carbocycles. The lowest BCUT2D eigenvalue weighted by Gasteiger charge is -2.28. The van der Waals surface area contributed by atoms with Crippen molar-refractivity contribution in [2.24, 2.45) is 0 Å². The molecular formula is C56H38N2O2. The Bertz CT molecular complexity index is 3450. The van der Waals surface area contributed by atoms with Gasteiger partial charge in [0.2, 0.25) is 5.89 Å². The molecule has 12 rings (SSSR count). The van der Waals surface area contributed by atoms with Crippen molar-refractivity contribution in [2.75, 3.05) is 4.90 Å². The lowest BCUT2D eigenvalue weighted by Crippen LogP contribution is -2.16. The van der Waals surface area contributed by atoms with Crippen molar-refractivity contribution in [2.45, 2.75) is 19.3 Å². The largest absolute Gasteiger partial charge is 0.456 e. The van der Waals surface area contributed by atoms with E-state index in [2.05, 4.69) is 170 Å². The van der Waals surface area contributed by atoms with E-state index in [0.29, 0.717) is 5.89 Å². The third-order valence-electron chi connectivity index (χ3n) is 12.5. The molecule has 0 amide bonds. The number of hydrogen-bond donors (Lipinski definition) is 0. The molecule has 0 saturated carbocycles. The molecule has 1 aliphatic rings. The van der Waals surface area contributed by atoms with Gasteiger partial charge in [0.25, 0.3) is 0 Å². The predicted octanol–water partition coefficient (Wildman–Crippen LogP) is 15.7. The second kappa shape index (κ2) is 13.2. The van der Waals surface area contributed by atoms with Gasteiger partial charge in [0, 0.05) is 44.9 Å². The monoisotopic (exact) mass is 770 g/mol. The summed E-state index contributed by atoms with van der Waals surface area (Å²) in [5.41, 5.74) is 17.2. The first-order chi connectivity index (χ1) is 29.5. The second-order valence-corrected chi connectivity index (χ2v) is 16.4. The summed E-state index contributed by atoms with van der Waals surface area (Å²) < 4.78 is 12.8. The number of benzene rings is 9. The number of nitrogens with zero attached hydrogens (tertiary/aromatic N) is 2. The lowest BCUT2D eigenvalue weighted by atomic mass is 9.82. The fourth-order valence-electron chi connectivity index (χ4n) is 9.43. The van der Waals surface area contributed by atoms with Gasteiger partial charge >= 0.3 is 0 Å². The highest BCUT2D eigenvalue weighted by Crippen LogP contribution is 2.51. The zero-order chi connectivity index (χ0) is 40.0. The summed E-state index contributed by atoms with van der Waals surface area (Å²) in [5, 5.41) is 4.55. The van der Waals surface area contributed by atoms with E-state index in [9.17, 15) is 0 Å². The van der Waals surface area contributed by atoms with E-state index in [4.69, 9.17) is 13.8 Å². The molecule has 0 unspecified atom stereocenters. The second-order valence-electron chi connectivity index (χ2n) is 16.4. The van der Waals surface area contributed by atoms with Gasteiger partial charge in [-0.05, 0) is 122 Å². The van der Waals surface area contributed by atoms with Crippen LogP contribution in [0.25, 0.3) is 88.6 Å². The van der Waals surface area contributed by atoms with E-state index in [1.54, 1.807) is 0 Å². The number of oxazole rings is 1. The van der Waals surface area contributed by atoms with Crippen LogP contribution in [0.5, 0.6) is 0 Å². The Hall–Kier alpha value is -7.69. The van der Waals surface area contributed by atoms with Crippen molar-refractivity contribution in [3.63, 3.8) is 0 Å². The van der Waals surface area contributed by atoms with E-state index in [0.717, 1.165) is 66.8 Å². The molecule has 4 nitrogen and oxygen atoms in total. The first kappa shape index (κ1) is 34.4. The molecule has 2 aromatic heterocycles. The van der Waals surface area contributed by atoms with Crippen LogP contribution in [0.4, 0.5) is 17.1 Å². The van der Waals surface area contributed by atoms with Gasteiger partial charge in [-0.15, -0.1) is 0 Å². The SMILES string of the molecule is CC1(C)c2ccccc2-c2ccc(N(c3ccc(-c4ccc5ccccc5c4)cc3)c3ccc(-c4cccc5oc6cc7nc(-c8ccccc8)oc7cc6c45)cc3)cc21. The van der Waals surface area contributed by atoms with Crippen molar-refractivity contribution in [3.05, 3.63) is 205 Å². The molecule has 0 radical (unpaired) electrons. The van der Waals surface area contributed by atoms with Gasteiger partial charge in [0.05, 0.1) is 0 Å². The Kier molecular flexibility index (Phi) is 7.54. The van der Waals surface area contributed by atoms with Crippen LogP contribution in [0.3, 0.4) is 0 Å². The first-order valence-corrected chi connectivity index (χ1v) is 20.5. The summed E-state index contributed by atoms with van der Waals surface area (Å²) in [7, 11) is 0. The van der Waals surface area contributed by atoms with Gasteiger partial charge in [-0.1, -0.05) is 135 Å². The lowest BCUT2D eigenvalue weighted by molar-refractivity contribution is 0.620. The summed E-state index contributed by atoms with van der Waals surface area (Å²) >= 11 is 0. The predicted molar refractivity (Wildman–Crippen MR) is 247 cm³/mol. The fourth-order valence-corrected chi connectivity index (χ4v) is 9.43. The Morgan fingerprint density at radius 1 is 0.417 bits per heavy atom. The molecule has 9 aromatic carbocycles. The van der Waals surface area contributed by atoms with Gasteiger partial charge in [-0.2, -0.15) is 0 Å². The summed E-state index contributed by atoms with van der Waals surface area (Å²) in [6.45, 7) is 4.68. The number of aromatic nitrogens is 1. The van der Waals surface area contributed by atoms with Crippen LogP contribution in [0.1, 0.15) is 25.0 Å². The molecule has 2 heterocycles. The summed E-state index contributed by atoms with van der Waals surface area (Å²) in [6.07, 6.45) is 0. The van der Waals surface area contributed by atoms with Crippen LogP contribution >= 0.6 is 0 Å². The Morgan fingerprint density at radius 2 is 1.08 bits per heavy atom. The van der Waals surface area contributed by atoms with Crippen molar-refractivity contribution in [3.8, 4) is 44.8 Å². The van der Waals surface area contributed by atoms with Crippen LogP contribution in [0.2, 0.25) is 0 Å². The topological polar surface area (TPSA) is 42.4 Å². The van der Waals surface area contributed by atoms with Crippen molar-refractivity contribution < 1.29 is 8.83 Å². The van der Waals surface area contributed by atoms with Gasteiger partial charge in [0.15, 0.2) is 5.58 Å². The average Bonchev–Trinajstić information content (AvgIpc) is 3.95. The summed E-state index contributed by atoms with van der Waals surface area (Å²) in [4.78, 5) is 7.18. The molecule has 0 bridgehead atoms. The summed E-state index contributed by atoms with van der Waals surface area (Å²) in [6, 6.07) is 69.3. The maximum absolute atomic E-state index is 6.46. The molecule has 0 fully saturated rings. The minimum Gasteiger partial charge on any atom is -0.456 e. The van der Waals surface area contributed by atoms with Crippen LogP contribution < -0.4 is 4.90 Å². The molecular weight excluding hydrogens is 733 g/mol. The quantitative estimate of drug-likeness (QED) is 0.169. The van der Waals surface area contributed by atoms with E-state index < -0.39 is 0 Å². The normalized spacial score (nSPS) is 13.0. The van der Waals surface area contributed by atoms with Gasteiger partial charge in [-0.25, -0.2) is 4.98 Å². The number of fused-ring (bicyclic) bond motifs is 8. The molecule has 284 valence electrons. The molecule has 0 atom stereocenters. The molecule has 11 aromatic rings. The van der Waals surface area contributed by atoms with Crippen molar-refractivity contribution >= 4 is 60.9 Å². The van der Waals surface area contributed by atoms with E-state index in [1.165, 1.54) is 44.2 Å². The van der Waals surface area contributed by atoms with Gasteiger partial charge in [-0.3, -0.25) is 0 Å². The molecule has 0 aliphatic heterocycles. The maximum atomic E-state index is 6.46. The third kappa shape index (κ3) is 5.41. The smallest absolute Gasteiger partial charge is 0.227 e. The minimum absolute atomic E-state index is 0.121. The zero-order valence-electron chi connectivity index (χ0n) is 33.2. The number of anilines is 3. The van der Waals surface area contributed by atoms with E-state index in [1.807, 2.05) is 42.5 Å². The van der Waals surface area contributed by atoms with Crippen LogP contribution in [0.15, 0.2) is 203 Å². The Balaban J connectivity index is 0.959. The third-order valence-corrected chi connectivity index (χ3v) is 12.5. The molecule has 60 heavy (non-hydrogen) atoms.